The van der Waals surface area contributed by atoms with E-state index >= 15 is 0 Å². The molecule has 1 aliphatic heterocycles. The molecule has 0 saturated carbocycles. The molecule has 5 heteroatoms. The Morgan fingerprint density at radius 1 is 1.26 bits per heavy atom. The number of hydrogen-bond donors (Lipinski definition) is 2. The summed E-state index contributed by atoms with van der Waals surface area (Å²) < 4.78 is 0. The minimum absolute atomic E-state index is 0.170. The van der Waals surface area contributed by atoms with Gasteiger partial charge in [-0.25, -0.2) is 0 Å². The van der Waals surface area contributed by atoms with Crippen molar-refractivity contribution in [2.24, 2.45) is 0 Å². The van der Waals surface area contributed by atoms with E-state index in [1.54, 1.807) is 11.1 Å². The SMILES string of the molecule is Cc1cccc(CN2CCC[C@@](O)(CNCCc3ncccc3C)C2=O)c1. The third kappa shape index (κ3) is 4.93. The van der Waals surface area contributed by atoms with Crippen LogP contribution in [0.3, 0.4) is 0 Å². The molecule has 0 spiro atoms. The zero-order chi connectivity index (χ0) is 19.3. The quantitative estimate of drug-likeness (QED) is 0.738. The molecule has 5 nitrogen and oxygen atoms in total. The summed E-state index contributed by atoms with van der Waals surface area (Å²) in [6.07, 6.45) is 3.90. The van der Waals surface area contributed by atoms with Crippen LogP contribution in [-0.2, 0) is 17.8 Å². The highest BCUT2D eigenvalue weighted by Crippen LogP contribution is 2.24. The van der Waals surface area contributed by atoms with Gasteiger partial charge in [-0.15, -0.1) is 0 Å². The van der Waals surface area contributed by atoms with Gasteiger partial charge >= 0.3 is 0 Å². The Labute approximate surface area is 161 Å². The molecular weight excluding hydrogens is 338 g/mol. The van der Waals surface area contributed by atoms with E-state index in [0.717, 1.165) is 29.7 Å². The van der Waals surface area contributed by atoms with Crippen molar-refractivity contribution in [3.8, 4) is 0 Å². The van der Waals surface area contributed by atoms with E-state index in [1.807, 2.05) is 44.2 Å². The van der Waals surface area contributed by atoms with Crippen molar-refractivity contribution in [1.29, 1.82) is 0 Å². The molecule has 1 aromatic heterocycles. The first-order valence-corrected chi connectivity index (χ1v) is 9.66. The Hall–Kier alpha value is -2.24. The number of benzene rings is 1. The lowest BCUT2D eigenvalue weighted by Gasteiger charge is -2.38. The lowest BCUT2D eigenvalue weighted by atomic mass is 9.91. The summed E-state index contributed by atoms with van der Waals surface area (Å²) in [7, 11) is 0. The van der Waals surface area contributed by atoms with Gasteiger partial charge in [-0.1, -0.05) is 35.9 Å². The lowest BCUT2D eigenvalue weighted by Crippen LogP contribution is -2.57. The number of likely N-dealkylation sites (tertiary alicyclic amines) is 1. The maximum atomic E-state index is 12.9. The summed E-state index contributed by atoms with van der Waals surface area (Å²) in [5.41, 5.74) is 3.18. The van der Waals surface area contributed by atoms with Crippen LogP contribution < -0.4 is 5.32 Å². The predicted octanol–water partition coefficient (Wildman–Crippen LogP) is 2.38. The number of piperidine rings is 1. The van der Waals surface area contributed by atoms with E-state index in [1.165, 1.54) is 5.56 Å². The average Bonchev–Trinajstić information content (AvgIpc) is 2.64. The van der Waals surface area contributed by atoms with Gasteiger partial charge in [-0.3, -0.25) is 9.78 Å². The number of pyridine rings is 1. The van der Waals surface area contributed by atoms with Crippen molar-refractivity contribution >= 4 is 5.91 Å². The molecule has 3 rings (SSSR count). The molecule has 1 aromatic carbocycles. The Kier molecular flexibility index (Phi) is 6.24. The molecule has 1 fully saturated rings. The summed E-state index contributed by atoms with van der Waals surface area (Å²) >= 11 is 0. The second kappa shape index (κ2) is 8.63. The van der Waals surface area contributed by atoms with E-state index < -0.39 is 5.60 Å². The Morgan fingerprint density at radius 3 is 2.89 bits per heavy atom. The molecule has 27 heavy (non-hydrogen) atoms. The fourth-order valence-electron chi connectivity index (χ4n) is 3.69. The highest BCUT2D eigenvalue weighted by Gasteiger charge is 2.41. The molecule has 0 aliphatic carbocycles. The number of nitrogens with zero attached hydrogens (tertiary/aromatic N) is 2. The molecule has 2 aromatic rings. The van der Waals surface area contributed by atoms with Crippen molar-refractivity contribution in [1.82, 2.24) is 15.2 Å². The van der Waals surface area contributed by atoms with Gasteiger partial charge in [0, 0.05) is 44.5 Å². The first kappa shape index (κ1) is 19.5. The number of aromatic nitrogens is 1. The summed E-state index contributed by atoms with van der Waals surface area (Å²) in [6, 6.07) is 12.1. The molecule has 2 N–H and O–H groups in total. The molecule has 144 valence electrons. The smallest absolute Gasteiger partial charge is 0.256 e. The second-order valence-corrected chi connectivity index (χ2v) is 7.54. The van der Waals surface area contributed by atoms with Crippen molar-refractivity contribution < 1.29 is 9.90 Å². The predicted molar refractivity (Wildman–Crippen MR) is 106 cm³/mol. The van der Waals surface area contributed by atoms with Crippen molar-refractivity contribution in [3.05, 3.63) is 65.0 Å². The largest absolute Gasteiger partial charge is 0.379 e. The number of rotatable bonds is 7. The van der Waals surface area contributed by atoms with Crippen molar-refractivity contribution in [2.45, 2.75) is 45.3 Å². The normalized spacial score (nSPS) is 20.1. The minimum atomic E-state index is -1.32. The molecule has 0 bridgehead atoms. The third-order valence-corrected chi connectivity index (χ3v) is 5.23. The van der Waals surface area contributed by atoms with E-state index in [2.05, 4.69) is 16.4 Å². The van der Waals surface area contributed by atoms with Crippen LogP contribution in [0.15, 0.2) is 42.6 Å². The second-order valence-electron chi connectivity index (χ2n) is 7.54. The van der Waals surface area contributed by atoms with Gasteiger partial charge < -0.3 is 15.3 Å². The lowest BCUT2D eigenvalue weighted by molar-refractivity contribution is -0.157. The monoisotopic (exact) mass is 367 g/mol. The van der Waals surface area contributed by atoms with Crippen molar-refractivity contribution in [2.75, 3.05) is 19.6 Å². The van der Waals surface area contributed by atoms with Crippen LogP contribution in [0.5, 0.6) is 0 Å². The van der Waals surface area contributed by atoms with E-state index in [9.17, 15) is 9.90 Å². The maximum absolute atomic E-state index is 12.9. The summed E-state index contributed by atoms with van der Waals surface area (Å²) in [4.78, 5) is 19.0. The zero-order valence-electron chi connectivity index (χ0n) is 16.2. The Bertz CT molecular complexity index is 793. The molecule has 1 saturated heterocycles. The van der Waals surface area contributed by atoms with Gasteiger partial charge in [-0.05, 0) is 43.9 Å². The Balaban J connectivity index is 1.54. The number of hydrogen-bond acceptors (Lipinski definition) is 4. The zero-order valence-corrected chi connectivity index (χ0v) is 16.2. The maximum Gasteiger partial charge on any atom is 0.256 e. The van der Waals surface area contributed by atoms with Gasteiger partial charge in [0.1, 0.15) is 0 Å². The van der Waals surface area contributed by atoms with Crippen molar-refractivity contribution in [3.63, 3.8) is 0 Å². The molecule has 1 amide bonds. The summed E-state index contributed by atoms with van der Waals surface area (Å²) in [5.74, 6) is -0.170. The van der Waals surface area contributed by atoms with Crippen LogP contribution in [0.1, 0.15) is 35.2 Å². The van der Waals surface area contributed by atoms with Crippen LogP contribution in [0.25, 0.3) is 0 Å². The number of carbonyl (C=O) groups excluding carboxylic acids is 1. The highest BCUT2D eigenvalue weighted by atomic mass is 16.3. The number of carbonyl (C=O) groups is 1. The molecule has 1 aliphatic rings. The topological polar surface area (TPSA) is 65.5 Å². The van der Waals surface area contributed by atoms with Gasteiger partial charge in [0.2, 0.25) is 0 Å². The van der Waals surface area contributed by atoms with E-state index in [0.29, 0.717) is 26.1 Å². The molecule has 0 unspecified atom stereocenters. The molecule has 2 heterocycles. The van der Waals surface area contributed by atoms with Crippen LogP contribution >= 0.6 is 0 Å². The van der Waals surface area contributed by atoms with Gasteiger partial charge in [-0.2, -0.15) is 0 Å². The fraction of sp³-hybridized carbons (Fsp3) is 0.455. The molecular formula is C22H29N3O2. The molecule has 1 atom stereocenters. The van der Waals surface area contributed by atoms with Crippen LogP contribution in [0, 0.1) is 13.8 Å². The highest BCUT2D eigenvalue weighted by molar-refractivity contribution is 5.86. The first-order valence-electron chi connectivity index (χ1n) is 9.66. The fourth-order valence-corrected chi connectivity index (χ4v) is 3.69. The van der Waals surface area contributed by atoms with Gasteiger partial charge in [0.15, 0.2) is 5.60 Å². The number of aryl methyl sites for hydroxylation is 2. The molecule has 0 radical (unpaired) electrons. The van der Waals surface area contributed by atoms with Gasteiger partial charge in [0.05, 0.1) is 0 Å². The summed E-state index contributed by atoms with van der Waals surface area (Å²) in [5, 5.41) is 14.2. The number of amides is 1. The van der Waals surface area contributed by atoms with Crippen LogP contribution in [-0.4, -0.2) is 46.1 Å². The average molecular weight is 367 g/mol. The van der Waals surface area contributed by atoms with Crippen LogP contribution in [0.4, 0.5) is 0 Å². The first-order chi connectivity index (χ1) is 13.0. The Morgan fingerprint density at radius 2 is 2.11 bits per heavy atom. The van der Waals surface area contributed by atoms with Gasteiger partial charge in [0.25, 0.3) is 5.91 Å². The number of nitrogens with one attached hydrogen (secondary N) is 1. The number of aliphatic hydroxyl groups is 1. The van der Waals surface area contributed by atoms with E-state index in [4.69, 9.17) is 0 Å². The third-order valence-electron chi connectivity index (χ3n) is 5.23. The van der Waals surface area contributed by atoms with Crippen LogP contribution in [0.2, 0.25) is 0 Å². The summed E-state index contributed by atoms with van der Waals surface area (Å²) in [6.45, 7) is 6.31. The van der Waals surface area contributed by atoms with E-state index in [-0.39, 0.29) is 12.5 Å². The minimum Gasteiger partial charge on any atom is -0.379 e. The standard InChI is InChI=1S/C22H29N3O2/c1-17-6-3-8-19(14-17)15-25-13-5-10-22(27,21(25)26)16-23-12-9-20-18(2)7-4-11-24-20/h3-4,6-8,11,14,23,27H,5,9-10,12-13,15-16H2,1-2H3/t22-/m1/s1.